The topological polar surface area (TPSA) is 287 Å². The Bertz CT molecular complexity index is 2200. The Labute approximate surface area is 336 Å². The lowest BCUT2D eigenvalue weighted by Gasteiger charge is -2.06. The van der Waals surface area contributed by atoms with Crippen molar-refractivity contribution in [3.05, 3.63) is 186 Å². The van der Waals surface area contributed by atoms with Crippen molar-refractivity contribution >= 4 is 34.6 Å². The van der Waals surface area contributed by atoms with Gasteiger partial charge in [-0.05, 0) is 57.3 Å². The SMILES string of the molecule is N#CC(O)c1ccccc1.O=C(O)[C@H](O)c1ccc(F)cc1.O=C(O)[C@H](O)c1ccc2ccccc2c1.O=C(O)[C@H](O)c1ccccc1.O=C(O)[C@H](O)c1cccnc1. The van der Waals surface area contributed by atoms with E-state index in [0.717, 1.165) is 22.9 Å². The van der Waals surface area contributed by atoms with Crippen LogP contribution in [0.1, 0.15) is 58.3 Å². The zero-order valence-electron chi connectivity index (χ0n) is 30.8. The maximum absolute atomic E-state index is 12.3. The molecule has 0 fully saturated rings. The monoisotopic (exact) mass is 810 g/mol. The number of aliphatic carboxylic acids is 4. The molecule has 1 heterocycles. The van der Waals surface area contributed by atoms with Crippen LogP contribution in [0.5, 0.6) is 0 Å². The molecule has 0 spiro atoms. The van der Waals surface area contributed by atoms with Gasteiger partial charge >= 0.3 is 23.9 Å². The lowest BCUT2D eigenvalue weighted by atomic mass is 10.0. The fourth-order valence-corrected chi connectivity index (χ4v) is 4.48. The molecule has 9 N–H and O–H groups in total. The van der Waals surface area contributed by atoms with Crippen LogP contribution in [0.2, 0.25) is 0 Å². The smallest absolute Gasteiger partial charge is 0.337 e. The second-order valence-electron chi connectivity index (χ2n) is 11.8. The number of nitriles is 1. The summed E-state index contributed by atoms with van der Waals surface area (Å²) in [4.78, 5) is 45.0. The van der Waals surface area contributed by atoms with Gasteiger partial charge in [-0.1, -0.05) is 115 Å². The van der Waals surface area contributed by atoms with E-state index < -0.39 is 60.2 Å². The molecule has 0 amide bonds. The number of carboxylic acid groups (broad SMARTS) is 4. The molecule has 306 valence electrons. The van der Waals surface area contributed by atoms with Crippen LogP contribution in [0.25, 0.3) is 10.8 Å². The number of hydrogen-bond acceptors (Lipinski definition) is 11. The average Bonchev–Trinajstić information content (AvgIpc) is 3.26. The van der Waals surface area contributed by atoms with Crippen molar-refractivity contribution in [2.45, 2.75) is 30.5 Å². The van der Waals surface area contributed by atoms with Crippen molar-refractivity contribution in [1.82, 2.24) is 4.98 Å². The molecular weight excluding hydrogens is 771 g/mol. The number of rotatable bonds is 9. The van der Waals surface area contributed by atoms with Gasteiger partial charge in [0.05, 0.1) is 6.07 Å². The molecule has 0 aliphatic rings. The number of carbonyl (C=O) groups is 4. The van der Waals surface area contributed by atoms with Gasteiger partial charge in [0.1, 0.15) is 5.82 Å². The van der Waals surface area contributed by atoms with Gasteiger partial charge in [0.15, 0.2) is 30.5 Å². The predicted octanol–water partition coefficient (Wildman–Crippen LogP) is 5.15. The summed E-state index contributed by atoms with van der Waals surface area (Å²) in [5.41, 5.74) is 1.91. The van der Waals surface area contributed by atoms with E-state index in [1.54, 1.807) is 84.9 Å². The van der Waals surface area contributed by atoms with Crippen molar-refractivity contribution in [1.29, 1.82) is 5.26 Å². The zero-order valence-corrected chi connectivity index (χ0v) is 30.8. The molecule has 59 heavy (non-hydrogen) atoms. The molecule has 5 aromatic carbocycles. The minimum absolute atomic E-state index is 0.170. The number of pyridine rings is 1. The zero-order chi connectivity index (χ0) is 43.9. The van der Waals surface area contributed by atoms with Gasteiger partial charge in [0.25, 0.3) is 0 Å². The summed E-state index contributed by atoms with van der Waals surface area (Å²) in [6, 6.07) is 39.3. The standard InChI is InChI=1S/C12H10O3.C8H7FO3.C8H7NO.C8H8O3.C7H7NO3/c13-11(12(14)15)10-6-5-8-3-1-2-4-9(8)7-10;9-6-3-1-5(2-4-6)7(10)8(11)12;9-6-8(10)7-4-2-1-3-5-7;9-7(8(10)11)6-4-2-1-3-5-6;9-6(7(10)11)5-2-1-3-8-4-5/h1-7,11,13H,(H,14,15);1-4,7,10H,(H,11,12);1-5,8,10H;1-5,7,9H,(H,10,11);1-4,6,9H,(H,10,11)/t11-;7-;;7-;6-/m11.11/s1. The van der Waals surface area contributed by atoms with Gasteiger partial charge in [-0.25, -0.2) is 23.6 Å². The highest BCUT2D eigenvalue weighted by molar-refractivity contribution is 5.85. The Morgan fingerprint density at radius 2 is 0.864 bits per heavy atom. The van der Waals surface area contributed by atoms with Crippen molar-refractivity contribution < 1.29 is 69.5 Å². The maximum Gasteiger partial charge on any atom is 0.337 e. The van der Waals surface area contributed by atoms with Gasteiger partial charge in [-0.2, -0.15) is 5.26 Å². The number of aromatic nitrogens is 1. The summed E-state index contributed by atoms with van der Waals surface area (Å²) in [6.07, 6.45) is -4.06. The molecule has 0 saturated heterocycles. The van der Waals surface area contributed by atoms with Crippen molar-refractivity contribution in [3.63, 3.8) is 0 Å². The lowest BCUT2D eigenvalue weighted by molar-refractivity contribution is -0.147. The number of aliphatic hydroxyl groups excluding tert-OH is 5. The number of hydrogen-bond donors (Lipinski definition) is 9. The molecule has 0 aliphatic heterocycles. The second kappa shape index (κ2) is 25.0. The van der Waals surface area contributed by atoms with E-state index in [9.17, 15) is 28.7 Å². The van der Waals surface area contributed by atoms with E-state index in [4.69, 9.17) is 46.1 Å². The maximum atomic E-state index is 12.3. The molecule has 0 radical (unpaired) electrons. The van der Waals surface area contributed by atoms with E-state index in [-0.39, 0.29) is 5.56 Å². The third-order valence-electron chi connectivity index (χ3n) is 7.56. The fourth-order valence-electron chi connectivity index (χ4n) is 4.48. The Balaban J connectivity index is 0.000000256. The summed E-state index contributed by atoms with van der Waals surface area (Å²) in [5.74, 6) is -5.53. The third-order valence-corrected chi connectivity index (χ3v) is 7.56. The normalized spacial score (nSPS) is 12.4. The predicted molar refractivity (Wildman–Crippen MR) is 208 cm³/mol. The molecule has 6 rings (SSSR count). The highest BCUT2D eigenvalue weighted by Crippen LogP contribution is 2.20. The lowest BCUT2D eigenvalue weighted by Crippen LogP contribution is -2.10. The molecule has 0 aliphatic carbocycles. The van der Waals surface area contributed by atoms with Crippen LogP contribution >= 0.6 is 0 Å². The minimum atomic E-state index is -1.58. The number of carboxylic acids is 4. The van der Waals surface area contributed by atoms with Crippen LogP contribution in [0.4, 0.5) is 4.39 Å². The summed E-state index contributed by atoms with van der Waals surface area (Å²) < 4.78 is 12.3. The highest BCUT2D eigenvalue weighted by Gasteiger charge is 2.17. The molecular formula is C43H39FN2O13. The van der Waals surface area contributed by atoms with Gasteiger partial charge in [0, 0.05) is 18.0 Å². The Morgan fingerprint density at radius 3 is 1.32 bits per heavy atom. The fraction of sp³-hybridized carbons (Fsp3) is 0.116. The van der Waals surface area contributed by atoms with E-state index >= 15 is 0 Å². The number of fused-ring (bicyclic) bond motifs is 1. The largest absolute Gasteiger partial charge is 0.479 e. The Kier molecular flexibility index (Phi) is 20.2. The number of nitrogens with zero attached hydrogens (tertiary/aromatic N) is 2. The number of benzene rings is 5. The molecule has 1 aromatic heterocycles. The Morgan fingerprint density at radius 1 is 0.475 bits per heavy atom. The number of aliphatic hydroxyl groups is 5. The summed E-state index contributed by atoms with van der Waals surface area (Å²) in [5, 5.41) is 89.3. The highest BCUT2D eigenvalue weighted by atomic mass is 19.1. The van der Waals surface area contributed by atoms with E-state index in [1.165, 1.54) is 30.6 Å². The first-order valence-corrected chi connectivity index (χ1v) is 17.0. The number of halogens is 1. The average molecular weight is 811 g/mol. The van der Waals surface area contributed by atoms with Crippen LogP contribution in [0.15, 0.2) is 152 Å². The minimum Gasteiger partial charge on any atom is -0.479 e. The first kappa shape index (κ1) is 47.8. The molecule has 0 bridgehead atoms. The third kappa shape index (κ3) is 16.7. The van der Waals surface area contributed by atoms with Crippen LogP contribution in [0.3, 0.4) is 0 Å². The Hall–Kier alpha value is -7.39. The quantitative estimate of drug-likeness (QED) is 0.0854. The molecule has 0 saturated carbocycles. The van der Waals surface area contributed by atoms with Crippen LogP contribution in [0, 0.1) is 17.1 Å². The van der Waals surface area contributed by atoms with Gasteiger partial charge in [0.2, 0.25) is 0 Å². The van der Waals surface area contributed by atoms with E-state index in [2.05, 4.69) is 4.98 Å². The molecule has 15 nitrogen and oxygen atoms in total. The van der Waals surface area contributed by atoms with Crippen LogP contribution < -0.4 is 0 Å². The first-order chi connectivity index (χ1) is 28.1. The van der Waals surface area contributed by atoms with Crippen LogP contribution in [-0.2, 0) is 19.2 Å². The molecule has 16 heteroatoms. The van der Waals surface area contributed by atoms with Gasteiger partial charge < -0.3 is 46.0 Å². The van der Waals surface area contributed by atoms with E-state index in [1.807, 2.05) is 30.3 Å². The van der Waals surface area contributed by atoms with Crippen molar-refractivity contribution in [3.8, 4) is 6.07 Å². The van der Waals surface area contributed by atoms with E-state index in [0.29, 0.717) is 22.3 Å². The summed E-state index contributed by atoms with van der Waals surface area (Å²) in [7, 11) is 0. The summed E-state index contributed by atoms with van der Waals surface area (Å²) in [6.45, 7) is 0. The van der Waals surface area contributed by atoms with Crippen LogP contribution in [-0.4, -0.2) is 74.8 Å². The second-order valence-corrected chi connectivity index (χ2v) is 11.8. The van der Waals surface area contributed by atoms with Crippen molar-refractivity contribution in [2.24, 2.45) is 0 Å². The first-order valence-electron chi connectivity index (χ1n) is 17.0. The molecule has 6 aromatic rings. The van der Waals surface area contributed by atoms with Gasteiger partial charge in [-0.15, -0.1) is 0 Å². The molecule has 1 unspecified atom stereocenters. The summed E-state index contributed by atoms with van der Waals surface area (Å²) >= 11 is 0. The van der Waals surface area contributed by atoms with Gasteiger partial charge in [-0.3, -0.25) is 4.98 Å². The molecule has 5 atom stereocenters. The van der Waals surface area contributed by atoms with Crippen molar-refractivity contribution in [2.75, 3.05) is 0 Å².